The van der Waals surface area contributed by atoms with Crippen molar-refractivity contribution in [3.63, 3.8) is 0 Å². The third-order valence-electron chi connectivity index (χ3n) is 2.41. The Kier molecular flexibility index (Phi) is 3.28. The van der Waals surface area contributed by atoms with Crippen molar-refractivity contribution in [3.05, 3.63) is 11.3 Å². The SMILES string of the molecule is CCC(C)n1nc(C)c(C=O)c1OC. The van der Waals surface area contributed by atoms with Crippen molar-refractivity contribution in [2.75, 3.05) is 7.11 Å². The maximum absolute atomic E-state index is 10.8. The van der Waals surface area contributed by atoms with E-state index in [-0.39, 0.29) is 6.04 Å². The van der Waals surface area contributed by atoms with Gasteiger partial charge in [-0.15, -0.1) is 0 Å². The van der Waals surface area contributed by atoms with E-state index in [0.29, 0.717) is 11.4 Å². The summed E-state index contributed by atoms with van der Waals surface area (Å²) in [5.41, 5.74) is 1.27. The average Bonchev–Trinajstić information content (AvgIpc) is 2.53. The Bertz CT molecular complexity index is 331. The molecule has 1 unspecified atom stereocenters. The van der Waals surface area contributed by atoms with Gasteiger partial charge in [0.1, 0.15) is 0 Å². The molecule has 0 amide bonds. The smallest absolute Gasteiger partial charge is 0.222 e. The van der Waals surface area contributed by atoms with Crippen LogP contribution in [0.25, 0.3) is 0 Å². The summed E-state index contributed by atoms with van der Waals surface area (Å²) in [5.74, 6) is 0.562. The Morgan fingerprint density at radius 2 is 2.29 bits per heavy atom. The van der Waals surface area contributed by atoms with Gasteiger partial charge in [-0.2, -0.15) is 5.10 Å². The topological polar surface area (TPSA) is 44.1 Å². The average molecular weight is 196 g/mol. The van der Waals surface area contributed by atoms with Crippen molar-refractivity contribution >= 4 is 6.29 Å². The second-order valence-electron chi connectivity index (χ2n) is 3.33. The fraction of sp³-hybridized carbons (Fsp3) is 0.600. The molecule has 0 aliphatic carbocycles. The molecule has 0 saturated carbocycles. The first kappa shape index (κ1) is 10.8. The highest BCUT2D eigenvalue weighted by Crippen LogP contribution is 2.24. The molecule has 0 bridgehead atoms. The second-order valence-corrected chi connectivity index (χ2v) is 3.33. The third-order valence-corrected chi connectivity index (χ3v) is 2.41. The number of nitrogens with zero attached hydrogens (tertiary/aromatic N) is 2. The van der Waals surface area contributed by atoms with Gasteiger partial charge >= 0.3 is 0 Å². The third kappa shape index (κ3) is 1.64. The number of hydrogen-bond donors (Lipinski definition) is 0. The van der Waals surface area contributed by atoms with Crippen molar-refractivity contribution in [3.8, 4) is 5.88 Å². The van der Waals surface area contributed by atoms with Crippen LogP contribution in [0, 0.1) is 6.92 Å². The van der Waals surface area contributed by atoms with Crippen molar-refractivity contribution in [1.82, 2.24) is 9.78 Å². The molecule has 1 atom stereocenters. The summed E-state index contributed by atoms with van der Waals surface area (Å²) in [4.78, 5) is 10.8. The van der Waals surface area contributed by atoms with Crippen LogP contribution in [0.4, 0.5) is 0 Å². The van der Waals surface area contributed by atoms with E-state index >= 15 is 0 Å². The summed E-state index contributed by atoms with van der Waals surface area (Å²) in [6, 6.07) is 0.248. The first-order chi connectivity index (χ1) is 6.65. The van der Waals surface area contributed by atoms with Crippen molar-refractivity contribution in [2.45, 2.75) is 33.2 Å². The Hall–Kier alpha value is -1.32. The molecule has 0 N–H and O–H groups in total. The van der Waals surface area contributed by atoms with Gasteiger partial charge < -0.3 is 4.74 Å². The van der Waals surface area contributed by atoms with Gasteiger partial charge in [-0.05, 0) is 20.3 Å². The fourth-order valence-electron chi connectivity index (χ4n) is 1.35. The lowest BCUT2D eigenvalue weighted by atomic mass is 10.2. The number of aldehydes is 1. The second kappa shape index (κ2) is 4.26. The molecule has 0 saturated heterocycles. The maximum Gasteiger partial charge on any atom is 0.222 e. The summed E-state index contributed by atoms with van der Waals surface area (Å²) in [5, 5.41) is 4.28. The molecule has 1 rings (SSSR count). The van der Waals surface area contributed by atoms with Crippen LogP contribution in [0.1, 0.15) is 42.4 Å². The zero-order chi connectivity index (χ0) is 10.7. The van der Waals surface area contributed by atoms with E-state index in [1.165, 1.54) is 0 Å². The van der Waals surface area contributed by atoms with E-state index in [1.807, 2.05) is 13.8 Å². The van der Waals surface area contributed by atoms with Crippen LogP contribution in [0.2, 0.25) is 0 Å². The summed E-state index contributed by atoms with van der Waals surface area (Å²) in [6.45, 7) is 5.93. The molecule has 0 fully saturated rings. The highest BCUT2D eigenvalue weighted by atomic mass is 16.5. The van der Waals surface area contributed by atoms with Crippen LogP contribution < -0.4 is 4.74 Å². The summed E-state index contributed by atoms with van der Waals surface area (Å²) < 4.78 is 6.94. The first-order valence-corrected chi connectivity index (χ1v) is 4.73. The number of carbonyl (C=O) groups excluding carboxylic acids is 1. The predicted octanol–water partition coefficient (Wildman–Crippen LogP) is 1.98. The lowest BCUT2D eigenvalue weighted by molar-refractivity contribution is 0.111. The van der Waals surface area contributed by atoms with Crippen LogP contribution >= 0.6 is 0 Å². The highest BCUT2D eigenvalue weighted by molar-refractivity contribution is 5.80. The Balaban J connectivity index is 3.23. The molecular formula is C10H16N2O2. The summed E-state index contributed by atoms with van der Waals surface area (Å²) in [6.07, 6.45) is 1.75. The number of carbonyl (C=O) groups is 1. The molecule has 4 nitrogen and oxygen atoms in total. The monoisotopic (exact) mass is 196 g/mol. The van der Waals surface area contributed by atoms with Gasteiger partial charge in [-0.3, -0.25) is 4.79 Å². The molecule has 1 heterocycles. The molecular weight excluding hydrogens is 180 g/mol. The molecule has 4 heteroatoms. The standard InChI is InChI=1S/C10H16N2O2/c1-5-7(2)12-10(14-4)9(6-13)8(3)11-12/h6-7H,5H2,1-4H3. The molecule has 14 heavy (non-hydrogen) atoms. The van der Waals surface area contributed by atoms with Crippen LogP contribution in [0.15, 0.2) is 0 Å². The number of ether oxygens (including phenoxy) is 1. The van der Waals surface area contributed by atoms with Crippen LogP contribution in [0.5, 0.6) is 5.88 Å². The van der Waals surface area contributed by atoms with Gasteiger partial charge in [0, 0.05) is 0 Å². The van der Waals surface area contributed by atoms with Gasteiger partial charge in [-0.25, -0.2) is 4.68 Å². The normalized spacial score (nSPS) is 12.6. The van der Waals surface area contributed by atoms with E-state index in [9.17, 15) is 4.79 Å². The van der Waals surface area contributed by atoms with Gasteiger partial charge in [0.25, 0.3) is 0 Å². The maximum atomic E-state index is 10.8. The quantitative estimate of drug-likeness (QED) is 0.692. The number of aryl methyl sites for hydroxylation is 1. The minimum absolute atomic E-state index is 0.248. The number of aromatic nitrogens is 2. The van der Waals surface area contributed by atoms with Crippen molar-refractivity contribution in [2.24, 2.45) is 0 Å². The van der Waals surface area contributed by atoms with E-state index < -0.39 is 0 Å². The number of hydrogen-bond acceptors (Lipinski definition) is 3. The first-order valence-electron chi connectivity index (χ1n) is 4.73. The van der Waals surface area contributed by atoms with Gasteiger partial charge in [0.15, 0.2) is 6.29 Å². The highest BCUT2D eigenvalue weighted by Gasteiger charge is 2.17. The molecule has 1 aromatic heterocycles. The zero-order valence-corrected chi connectivity index (χ0v) is 9.07. The minimum atomic E-state index is 0.248. The Morgan fingerprint density at radius 1 is 1.64 bits per heavy atom. The van der Waals surface area contributed by atoms with Crippen LogP contribution in [0.3, 0.4) is 0 Å². The molecule has 0 aromatic carbocycles. The molecule has 0 spiro atoms. The summed E-state index contributed by atoms with van der Waals surface area (Å²) in [7, 11) is 1.56. The van der Waals surface area contributed by atoms with E-state index in [1.54, 1.807) is 11.8 Å². The van der Waals surface area contributed by atoms with E-state index in [2.05, 4.69) is 12.0 Å². The summed E-state index contributed by atoms with van der Waals surface area (Å²) >= 11 is 0. The molecule has 1 aromatic rings. The molecule has 0 radical (unpaired) electrons. The van der Waals surface area contributed by atoms with Crippen LogP contribution in [-0.4, -0.2) is 23.2 Å². The van der Waals surface area contributed by atoms with Crippen molar-refractivity contribution < 1.29 is 9.53 Å². The van der Waals surface area contributed by atoms with Gasteiger partial charge in [-0.1, -0.05) is 6.92 Å². The van der Waals surface area contributed by atoms with Crippen molar-refractivity contribution in [1.29, 1.82) is 0 Å². The molecule has 0 aliphatic heterocycles. The van der Waals surface area contributed by atoms with Gasteiger partial charge in [0.2, 0.25) is 5.88 Å². The minimum Gasteiger partial charge on any atom is -0.481 e. The molecule has 78 valence electrons. The number of methoxy groups -OCH3 is 1. The fourth-order valence-corrected chi connectivity index (χ4v) is 1.35. The predicted molar refractivity (Wildman–Crippen MR) is 53.9 cm³/mol. The zero-order valence-electron chi connectivity index (χ0n) is 9.07. The number of rotatable bonds is 4. The van der Waals surface area contributed by atoms with E-state index in [4.69, 9.17) is 4.74 Å². The lowest BCUT2D eigenvalue weighted by Crippen LogP contribution is -2.08. The Labute approximate surface area is 83.9 Å². The molecule has 0 aliphatic rings. The Morgan fingerprint density at radius 3 is 2.71 bits per heavy atom. The van der Waals surface area contributed by atoms with E-state index in [0.717, 1.165) is 18.4 Å². The lowest BCUT2D eigenvalue weighted by Gasteiger charge is -2.12. The van der Waals surface area contributed by atoms with Crippen LogP contribution in [-0.2, 0) is 0 Å². The van der Waals surface area contributed by atoms with Gasteiger partial charge in [0.05, 0.1) is 24.4 Å². The largest absolute Gasteiger partial charge is 0.481 e.